The summed E-state index contributed by atoms with van der Waals surface area (Å²) in [6.07, 6.45) is 1.23. The maximum absolute atomic E-state index is 13.3. The summed E-state index contributed by atoms with van der Waals surface area (Å²) in [5.41, 5.74) is 1.01. The predicted molar refractivity (Wildman–Crippen MR) is 116 cm³/mol. The van der Waals surface area contributed by atoms with Crippen molar-refractivity contribution in [3.05, 3.63) is 35.6 Å². The van der Waals surface area contributed by atoms with E-state index in [0.29, 0.717) is 0 Å². The average Bonchev–Trinajstić information content (AvgIpc) is 2.91. The van der Waals surface area contributed by atoms with E-state index in [0.717, 1.165) is 63.9 Å². The molecule has 0 radical (unpaired) electrons. The Kier molecular flexibility index (Phi) is 8.27. The molecular weight excluding hydrogens is 369 g/mol. The highest BCUT2D eigenvalue weighted by Gasteiger charge is 2.28. The molecule has 2 aliphatic heterocycles. The minimum absolute atomic E-state index is 0.0793. The summed E-state index contributed by atoms with van der Waals surface area (Å²) in [6, 6.07) is 6.63. The topological polar surface area (TPSA) is 43.3 Å². The Balaban J connectivity index is 1.61. The number of hydrogen-bond acceptors (Lipinski definition) is 4. The van der Waals surface area contributed by atoms with E-state index in [4.69, 9.17) is 9.73 Å². The summed E-state index contributed by atoms with van der Waals surface area (Å²) in [5.74, 6) is 0.728. The molecule has 1 N–H and O–H groups in total. The summed E-state index contributed by atoms with van der Waals surface area (Å²) in [4.78, 5) is 12.1. The summed E-state index contributed by atoms with van der Waals surface area (Å²) in [5, 5.41) is 3.44. The number of nitrogens with one attached hydrogen (secondary N) is 1. The second-order valence-corrected chi connectivity index (χ2v) is 8.13. The van der Waals surface area contributed by atoms with Crippen LogP contribution in [-0.4, -0.2) is 92.7 Å². The molecule has 0 amide bonds. The highest BCUT2D eigenvalue weighted by molar-refractivity contribution is 5.80. The Hall–Kier alpha value is -1.70. The molecule has 0 aromatic heterocycles. The van der Waals surface area contributed by atoms with Gasteiger partial charge >= 0.3 is 0 Å². The SMILES string of the molecule is CCNC(=NCCN1CCCN(C)CC1)N1CC(C)OC(c2ccc(F)cc2)C1. The van der Waals surface area contributed by atoms with E-state index in [2.05, 4.69) is 40.9 Å². The van der Waals surface area contributed by atoms with Gasteiger partial charge in [0.2, 0.25) is 0 Å². The standard InChI is InChI=1S/C22H36FN5O/c1-4-24-22(25-10-13-27-12-5-11-26(3)14-15-27)28-16-18(2)29-21(17-28)19-6-8-20(23)9-7-19/h6-9,18,21H,4-5,10-17H2,1-3H3,(H,24,25). The molecule has 29 heavy (non-hydrogen) atoms. The van der Waals surface area contributed by atoms with Gasteiger partial charge in [-0.25, -0.2) is 4.39 Å². The second-order valence-electron chi connectivity index (χ2n) is 8.13. The number of hydrogen-bond donors (Lipinski definition) is 1. The van der Waals surface area contributed by atoms with E-state index in [1.807, 2.05) is 12.1 Å². The Morgan fingerprint density at radius 2 is 1.97 bits per heavy atom. The maximum Gasteiger partial charge on any atom is 0.194 e. The van der Waals surface area contributed by atoms with Gasteiger partial charge in [0.1, 0.15) is 11.9 Å². The van der Waals surface area contributed by atoms with Gasteiger partial charge < -0.3 is 24.8 Å². The predicted octanol–water partition coefficient (Wildman–Crippen LogP) is 2.19. The number of morpholine rings is 1. The summed E-state index contributed by atoms with van der Waals surface area (Å²) in [6.45, 7) is 12.9. The molecule has 6 nitrogen and oxygen atoms in total. The van der Waals surface area contributed by atoms with Gasteiger partial charge in [0.15, 0.2) is 5.96 Å². The maximum atomic E-state index is 13.3. The molecule has 2 aliphatic rings. The lowest BCUT2D eigenvalue weighted by Gasteiger charge is -2.38. The number of halogens is 1. The van der Waals surface area contributed by atoms with Crippen LogP contribution in [0.2, 0.25) is 0 Å². The molecule has 2 saturated heterocycles. The zero-order chi connectivity index (χ0) is 20.6. The first-order valence-electron chi connectivity index (χ1n) is 10.9. The lowest BCUT2D eigenvalue weighted by atomic mass is 10.1. The molecule has 0 spiro atoms. The molecular formula is C22H36FN5O. The van der Waals surface area contributed by atoms with Crippen molar-refractivity contribution in [2.75, 3.05) is 66.0 Å². The van der Waals surface area contributed by atoms with E-state index in [1.54, 1.807) is 0 Å². The molecule has 0 aliphatic carbocycles. The van der Waals surface area contributed by atoms with E-state index in [-0.39, 0.29) is 18.0 Å². The molecule has 2 unspecified atom stereocenters. The van der Waals surface area contributed by atoms with Crippen LogP contribution in [0.25, 0.3) is 0 Å². The van der Waals surface area contributed by atoms with Crippen molar-refractivity contribution in [3.8, 4) is 0 Å². The number of rotatable bonds is 5. The number of aliphatic imine (C=N–C) groups is 1. The molecule has 1 aromatic rings. The minimum Gasteiger partial charge on any atom is -0.367 e. The normalized spacial score (nSPS) is 25.1. The molecule has 3 rings (SSSR count). The average molecular weight is 406 g/mol. The molecule has 2 atom stereocenters. The Morgan fingerprint density at radius 1 is 1.17 bits per heavy atom. The smallest absolute Gasteiger partial charge is 0.194 e. The lowest BCUT2D eigenvalue weighted by molar-refractivity contribution is -0.0605. The summed E-state index contributed by atoms with van der Waals surface area (Å²) >= 11 is 0. The van der Waals surface area contributed by atoms with Crippen LogP contribution in [0.5, 0.6) is 0 Å². The number of nitrogens with zero attached hydrogens (tertiary/aromatic N) is 4. The highest BCUT2D eigenvalue weighted by atomic mass is 19.1. The molecule has 1 aromatic carbocycles. The van der Waals surface area contributed by atoms with Crippen LogP contribution in [0.4, 0.5) is 4.39 Å². The Bertz CT molecular complexity index is 653. The summed E-state index contributed by atoms with van der Waals surface area (Å²) < 4.78 is 19.4. The van der Waals surface area contributed by atoms with Gasteiger partial charge in [-0.15, -0.1) is 0 Å². The van der Waals surface area contributed by atoms with Crippen molar-refractivity contribution < 1.29 is 9.13 Å². The number of guanidine groups is 1. The van der Waals surface area contributed by atoms with Crippen LogP contribution < -0.4 is 5.32 Å². The second kappa shape index (κ2) is 10.9. The van der Waals surface area contributed by atoms with E-state index in [9.17, 15) is 4.39 Å². The van der Waals surface area contributed by atoms with Crippen LogP contribution in [0.3, 0.4) is 0 Å². The number of benzene rings is 1. The largest absolute Gasteiger partial charge is 0.367 e. The van der Waals surface area contributed by atoms with Crippen LogP contribution in [0.15, 0.2) is 29.3 Å². The third-order valence-electron chi connectivity index (χ3n) is 5.63. The highest BCUT2D eigenvalue weighted by Crippen LogP contribution is 2.25. The van der Waals surface area contributed by atoms with Gasteiger partial charge in [-0.3, -0.25) is 4.99 Å². The number of ether oxygens (including phenoxy) is 1. The van der Waals surface area contributed by atoms with Crippen molar-refractivity contribution in [2.24, 2.45) is 4.99 Å². The molecule has 162 valence electrons. The van der Waals surface area contributed by atoms with E-state index >= 15 is 0 Å². The van der Waals surface area contributed by atoms with Crippen molar-refractivity contribution in [2.45, 2.75) is 32.5 Å². The molecule has 0 bridgehead atoms. The summed E-state index contributed by atoms with van der Waals surface area (Å²) in [7, 11) is 2.20. The van der Waals surface area contributed by atoms with Gasteiger partial charge in [0.05, 0.1) is 19.2 Å². The molecule has 2 heterocycles. The fourth-order valence-corrected chi connectivity index (χ4v) is 4.03. The Labute approximate surface area is 174 Å². The van der Waals surface area contributed by atoms with Crippen LogP contribution in [0.1, 0.15) is 31.9 Å². The monoisotopic (exact) mass is 405 g/mol. The van der Waals surface area contributed by atoms with Crippen LogP contribution in [-0.2, 0) is 4.74 Å². The zero-order valence-electron chi connectivity index (χ0n) is 18.1. The van der Waals surface area contributed by atoms with Crippen LogP contribution >= 0.6 is 0 Å². The molecule has 0 saturated carbocycles. The van der Waals surface area contributed by atoms with Crippen molar-refractivity contribution in [1.82, 2.24) is 20.0 Å². The fraction of sp³-hybridized carbons (Fsp3) is 0.682. The first-order valence-corrected chi connectivity index (χ1v) is 10.9. The molecule has 2 fully saturated rings. The van der Waals surface area contributed by atoms with Crippen molar-refractivity contribution in [1.29, 1.82) is 0 Å². The van der Waals surface area contributed by atoms with Crippen LogP contribution in [0, 0.1) is 5.82 Å². The van der Waals surface area contributed by atoms with Gasteiger partial charge in [-0.05, 0) is 58.1 Å². The van der Waals surface area contributed by atoms with E-state index in [1.165, 1.54) is 25.1 Å². The Morgan fingerprint density at radius 3 is 2.72 bits per heavy atom. The van der Waals surface area contributed by atoms with Gasteiger partial charge in [0.25, 0.3) is 0 Å². The first-order chi connectivity index (χ1) is 14.0. The van der Waals surface area contributed by atoms with Gasteiger partial charge in [-0.1, -0.05) is 12.1 Å². The molecule has 7 heteroatoms. The number of likely N-dealkylation sites (N-methyl/N-ethyl adjacent to an activating group) is 1. The third-order valence-corrected chi connectivity index (χ3v) is 5.63. The quantitative estimate of drug-likeness (QED) is 0.601. The third kappa shape index (κ3) is 6.66. The first kappa shape index (κ1) is 22.0. The van der Waals surface area contributed by atoms with E-state index < -0.39 is 0 Å². The minimum atomic E-state index is -0.218. The van der Waals surface area contributed by atoms with Gasteiger partial charge in [-0.2, -0.15) is 0 Å². The van der Waals surface area contributed by atoms with Crippen molar-refractivity contribution in [3.63, 3.8) is 0 Å². The fourth-order valence-electron chi connectivity index (χ4n) is 4.03. The van der Waals surface area contributed by atoms with Crippen molar-refractivity contribution >= 4 is 5.96 Å². The lowest BCUT2D eigenvalue weighted by Crippen LogP contribution is -2.51. The van der Waals surface area contributed by atoms with Gasteiger partial charge in [0, 0.05) is 32.7 Å². The zero-order valence-corrected chi connectivity index (χ0v) is 18.1.